The maximum Gasteiger partial charge on any atom is 0.269 e. The molecule has 3 aromatic carbocycles. The predicted octanol–water partition coefficient (Wildman–Crippen LogP) is 1.67. The van der Waals surface area contributed by atoms with Crippen molar-refractivity contribution in [2.24, 2.45) is 0 Å². The second-order valence-corrected chi connectivity index (χ2v) is 14.4. The molecular weight excluding hydrogens is 624 g/mol. The van der Waals surface area contributed by atoms with Gasteiger partial charge in [0.2, 0.25) is 30.1 Å². The first-order valence-corrected chi connectivity index (χ1v) is 15.6. The smallest absolute Gasteiger partial charge is 0.258 e. The summed E-state index contributed by atoms with van der Waals surface area (Å²) in [7, 11) is -14.0. The van der Waals surface area contributed by atoms with Crippen LogP contribution in [0.2, 0.25) is 0 Å². The molecule has 222 valence electrons. The molecule has 1 aliphatic rings. The Hall–Kier alpha value is -4.41. The third kappa shape index (κ3) is 5.81. The summed E-state index contributed by atoms with van der Waals surface area (Å²) < 4.78 is 82.4. The van der Waals surface area contributed by atoms with Crippen LogP contribution >= 0.6 is 0 Å². The van der Waals surface area contributed by atoms with Crippen LogP contribution in [0.4, 0.5) is 17.1 Å². The summed E-state index contributed by atoms with van der Waals surface area (Å²) in [6, 6.07) is 10.8. The van der Waals surface area contributed by atoms with Gasteiger partial charge in [-0.1, -0.05) is 0 Å². The van der Waals surface area contributed by atoms with Crippen LogP contribution in [0.15, 0.2) is 87.5 Å². The molecule has 1 heterocycles. The monoisotopic (exact) mass is 642 g/mol. The molecule has 0 aromatic heterocycles. The van der Waals surface area contributed by atoms with Crippen LogP contribution in [-0.2, 0) is 30.1 Å². The van der Waals surface area contributed by atoms with E-state index in [1.807, 2.05) is 0 Å². The second kappa shape index (κ2) is 11.1. The van der Waals surface area contributed by atoms with Crippen LogP contribution in [-0.4, -0.2) is 72.9 Å². The van der Waals surface area contributed by atoms with E-state index in [-0.39, 0.29) is 0 Å². The summed E-state index contributed by atoms with van der Waals surface area (Å²) in [5.41, 5.74) is -1.30. The molecular formula is C21H18N6O12S3. The quantitative estimate of drug-likeness (QED) is 0.239. The third-order valence-corrected chi connectivity index (χ3v) is 11.3. The van der Waals surface area contributed by atoms with Crippen LogP contribution in [0.1, 0.15) is 0 Å². The lowest BCUT2D eigenvalue weighted by Crippen LogP contribution is -2.59. The Labute approximate surface area is 237 Å². The Bertz CT molecular complexity index is 1650. The molecule has 21 heteroatoms. The first kappa shape index (κ1) is 30.5. The molecule has 42 heavy (non-hydrogen) atoms. The highest BCUT2D eigenvalue weighted by atomic mass is 32.2. The molecule has 0 spiro atoms. The zero-order chi connectivity index (χ0) is 31.0. The van der Waals surface area contributed by atoms with Gasteiger partial charge in [0.25, 0.3) is 17.1 Å². The molecule has 3 aromatic rings. The van der Waals surface area contributed by atoms with E-state index in [1.165, 1.54) is 0 Å². The summed E-state index contributed by atoms with van der Waals surface area (Å²) in [5.74, 6) is 0. The zero-order valence-corrected chi connectivity index (χ0v) is 23.3. The first-order valence-electron chi connectivity index (χ1n) is 11.3. The maximum atomic E-state index is 13.5. The highest BCUT2D eigenvalue weighted by Gasteiger charge is 2.42. The van der Waals surface area contributed by atoms with E-state index < -0.39 is 96.6 Å². The van der Waals surface area contributed by atoms with E-state index in [0.29, 0.717) is 12.9 Å². The number of nitro groups is 3. The van der Waals surface area contributed by atoms with E-state index >= 15 is 0 Å². The number of hydrogen-bond donors (Lipinski definition) is 0. The van der Waals surface area contributed by atoms with E-state index in [4.69, 9.17) is 0 Å². The van der Waals surface area contributed by atoms with Crippen molar-refractivity contribution in [1.82, 2.24) is 12.9 Å². The number of hydrogen-bond acceptors (Lipinski definition) is 12. The van der Waals surface area contributed by atoms with Crippen LogP contribution in [0.25, 0.3) is 0 Å². The normalized spacial score (nSPS) is 15.7. The summed E-state index contributed by atoms with van der Waals surface area (Å²) >= 11 is 0. The lowest BCUT2D eigenvalue weighted by Gasteiger charge is -2.39. The van der Waals surface area contributed by atoms with Gasteiger partial charge in [-0.2, -0.15) is 12.9 Å². The van der Waals surface area contributed by atoms with Gasteiger partial charge < -0.3 is 0 Å². The summed E-state index contributed by atoms with van der Waals surface area (Å²) in [6.07, 6.45) is 0. The molecule has 1 saturated heterocycles. The molecule has 0 radical (unpaired) electrons. The number of nitrogens with zero attached hydrogens (tertiary/aromatic N) is 6. The number of non-ortho nitro benzene ring substituents is 3. The van der Waals surface area contributed by atoms with Gasteiger partial charge in [0, 0.05) is 36.4 Å². The van der Waals surface area contributed by atoms with Gasteiger partial charge in [0.15, 0.2) is 0 Å². The topological polar surface area (TPSA) is 242 Å². The van der Waals surface area contributed by atoms with Crippen molar-refractivity contribution in [3.63, 3.8) is 0 Å². The van der Waals surface area contributed by atoms with Crippen LogP contribution in [0.3, 0.4) is 0 Å². The van der Waals surface area contributed by atoms with Gasteiger partial charge >= 0.3 is 0 Å². The van der Waals surface area contributed by atoms with Gasteiger partial charge in [-0.25, -0.2) is 25.3 Å². The highest BCUT2D eigenvalue weighted by Crippen LogP contribution is 2.29. The van der Waals surface area contributed by atoms with Gasteiger partial charge in [-0.3, -0.25) is 30.3 Å². The molecule has 1 aliphatic heterocycles. The SMILES string of the molecule is O=[N+]([O-])c1ccc(S(=O)(=O)N2CN(S(=O)(=O)c3ccc([N+](=O)[O-])cc3)CN(S(=O)(=O)c3ccc([N+](=O)[O-])cc3)C2)cc1. The summed E-state index contributed by atoms with van der Waals surface area (Å²) in [4.78, 5) is 29.1. The Morgan fingerprint density at radius 3 is 0.786 bits per heavy atom. The molecule has 18 nitrogen and oxygen atoms in total. The van der Waals surface area contributed by atoms with E-state index in [9.17, 15) is 55.6 Å². The zero-order valence-electron chi connectivity index (χ0n) is 20.9. The highest BCUT2D eigenvalue weighted by molar-refractivity contribution is 7.90. The van der Waals surface area contributed by atoms with Crippen LogP contribution in [0.5, 0.6) is 0 Å². The van der Waals surface area contributed by atoms with Crippen molar-refractivity contribution in [2.75, 3.05) is 20.0 Å². The average Bonchev–Trinajstić information content (AvgIpc) is 2.97. The minimum atomic E-state index is -4.67. The van der Waals surface area contributed by atoms with Crippen LogP contribution in [0, 0.1) is 30.3 Å². The lowest BCUT2D eigenvalue weighted by molar-refractivity contribution is -0.385. The Kier molecular flexibility index (Phi) is 8.08. The van der Waals surface area contributed by atoms with Gasteiger partial charge in [0.05, 0.1) is 49.5 Å². The van der Waals surface area contributed by atoms with Gasteiger partial charge in [0.1, 0.15) is 0 Å². The minimum absolute atomic E-state index is 0.433. The maximum absolute atomic E-state index is 13.5. The lowest BCUT2D eigenvalue weighted by atomic mass is 10.3. The van der Waals surface area contributed by atoms with Gasteiger partial charge in [-0.15, -0.1) is 0 Å². The van der Waals surface area contributed by atoms with E-state index in [1.54, 1.807) is 0 Å². The summed E-state index contributed by atoms with van der Waals surface area (Å²) in [5, 5.41) is 32.9. The van der Waals surface area contributed by atoms with Crippen LogP contribution < -0.4 is 0 Å². The Morgan fingerprint density at radius 1 is 0.429 bits per heavy atom. The minimum Gasteiger partial charge on any atom is -0.258 e. The van der Waals surface area contributed by atoms with Gasteiger partial charge in [-0.05, 0) is 36.4 Å². The Morgan fingerprint density at radius 2 is 0.619 bits per heavy atom. The Balaban J connectivity index is 1.78. The number of sulfonamides is 3. The van der Waals surface area contributed by atoms with E-state index in [2.05, 4.69) is 0 Å². The fourth-order valence-corrected chi connectivity index (χ4v) is 8.09. The predicted molar refractivity (Wildman–Crippen MR) is 141 cm³/mol. The molecule has 1 fully saturated rings. The van der Waals surface area contributed by atoms with E-state index in [0.717, 1.165) is 72.8 Å². The van der Waals surface area contributed by atoms with Crippen molar-refractivity contribution in [2.45, 2.75) is 14.7 Å². The molecule has 0 N–H and O–H groups in total. The standard InChI is InChI=1S/C21H18N6O12S3/c28-25(29)16-1-7-19(8-2-16)40(34,35)22-13-23(41(36,37)20-9-3-17(4-10-20)26(30)31)15-24(14-22)42(38,39)21-11-5-18(6-12-21)27(32)33/h1-12H,13-15H2. The molecule has 0 atom stereocenters. The van der Waals surface area contributed by atoms with Crippen molar-refractivity contribution in [1.29, 1.82) is 0 Å². The fraction of sp³-hybridized carbons (Fsp3) is 0.143. The molecule has 0 amide bonds. The van der Waals surface area contributed by atoms with Crippen molar-refractivity contribution in [3.05, 3.63) is 103 Å². The fourth-order valence-electron chi connectivity index (χ4n) is 3.78. The molecule has 0 aliphatic carbocycles. The second-order valence-electron chi connectivity index (χ2n) is 8.55. The first-order chi connectivity index (χ1) is 19.5. The van der Waals surface area contributed by atoms with Crippen molar-refractivity contribution < 1.29 is 40.0 Å². The largest absolute Gasteiger partial charge is 0.269 e. The molecule has 4 rings (SSSR count). The average molecular weight is 643 g/mol. The van der Waals surface area contributed by atoms with Crippen molar-refractivity contribution in [3.8, 4) is 0 Å². The third-order valence-electron chi connectivity index (χ3n) is 6.00. The molecule has 0 unspecified atom stereocenters. The number of nitro benzene ring substituents is 3. The molecule has 0 bridgehead atoms. The molecule has 0 saturated carbocycles. The van der Waals surface area contributed by atoms with Crippen molar-refractivity contribution >= 4 is 47.1 Å². The number of rotatable bonds is 9. The summed E-state index contributed by atoms with van der Waals surface area (Å²) in [6.45, 7) is -2.69. The number of benzene rings is 3.